The van der Waals surface area contributed by atoms with Crippen LogP contribution in [0.5, 0.6) is 5.75 Å². The van der Waals surface area contributed by atoms with Gasteiger partial charge in [0, 0.05) is 23.7 Å². The molecule has 0 saturated carbocycles. The van der Waals surface area contributed by atoms with Crippen molar-refractivity contribution in [3.8, 4) is 22.8 Å². The first-order valence-corrected chi connectivity index (χ1v) is 10.2. The smallest absolute Gasteiger partial charge is 0.431 e. The van der Waals surface area contributed by atoms with Crippen LogP contribution in [0.25, 0.3) is 17.1 Å². The lowest BCUT2D eigenvalue weighted by Gasteiger charge is -2.14. The van der Waals surface area contributed by atoms with Crippen LogP contribution in [0.4, 0.5) is 13.2 Å². The third kappa shape index (κ3) is 4.54. The minimum Gasteiger partial charge on any atom is -0.471 e. The largest absolute Gasteiger partial charge is 0.471 e. The first-order valence-electron chi connectivity index (χ1n) is 9.41. The van der Waals surface area contributed by atoms with E-state index in [4.69, 9.17) is 27.9 Å². The standard InChI is InChI=1S/C20H13Cl2F3N6O3/c1-29-16(20(23,24)25)9-17(32)31(19(29)33)12-4-7-15(22)14(8-12)18-26-27-28-30(18)10-34-13-5-2-11(21)3-6-13/h2-9H,10H2,1H3. The molecule has 4 rings (SSSR count). The van der Waals surface area contributed by atoms with Crippen LogP contribution >= 0.6 is 23.2 Å². The second-order valence-electron chi connectivity index (χ2n) is 6.94. The Morgan fingerprint density at radius 2 is 1.74 bits per heavy atom. The molecule has 14 heteroatoms. The highest BCUT2D eigenvalue weighted by Crippen LogP contribution is 2.29. The molecule has 2 heterocycles. The summed E-state index contributed by atoms with van der Waals surface area (Å²) in [5.74, 6) is 0.628. The summed E-state index contributed by atoms with van der Waals surface area (Å²) in [6.07, 6.45) is -4.87. The summed E-state index contributed by atoms with van der Waals surface area (Å²) in [5, 5.41) is 12.1. The molecule has 176 valence electrons. The van der Waals surface area contributed by atoms with Crippen molar-refractivity contribution in [3.05, 3.63) is 85.1 Å². The number of alkyl halides is 3. The van der Waals surface area contributed by atoms with E-state index in [1.807, 2.05) is 0 Å². The summed E-state index contributed by atoms with van der Waals surface area (Å²) in [5.41, 5.74) is -3.51. The number of tetrazole rings is 1. The second-order valence-corrected chi connectivity index (χ2v) is 7.78. The summed E-state index contributed by atoms with van der Waals surface area (Å²) in [6.45, 7) is -0.119. The van der Waals surface area contributed by atoms with Crippen molar-refractivity contribution < 1.29 is 17.9 Å². The quantitative estimate of drug-likeness (QED) is 0.405. The van der Waals surface area contributed by atoms with E-state index in [2.05, 4.69) is 15.5 Å². The number of hydrogen-bond donors (Lipinski definition) is 0. The van der Waals surface area contributed by atoms with Gasteiger partial charge in [0.15, 0.2) is 12.6 Å². The fourth-order valence-electron chi connectivity index (χ4n) is 3.11. The maximum Gasteiger partial charge on any atom is 0.431 e. The summed E-state index contributed by atoms with van der Waals surface area (Å²) in [4.78, 5) is 25.0. The number of nitrogens with zero attached hydrogens (tertiary/aromatic N) is 6. The molecule has 4 aromatic rings. The lowest BCUT2D eigenvalue weighted by molar-refractivity contribution is -0.144. The van der Waals surface area contributed by atoms with Crippen molar-refractivity contribution in [2.45, 2.75) is 12.9 Å². The average molecular weight is 513 g/mol. The van der Waals surface area contributed by atoms with Gasteiger partial charge in [0.1, 0.15) is 11.4 Å². The van der Waals surface area contributed by atoms with Crippen molar-refractivity contribution in [2.24, 2.45) is 7.05 Å². The Hall–Kier alpha value is -3.64. The molecule has 34 heavy (non-hydrogen) atoms. The summed E-state index contributed by atoms with van der Waals surface area (Å²) < 4.78 is 47.2. The molecule has 0 bridgehead atoms. The lowest BCUT2D eigenvalue weighted by atomic mass is 10.2. The normalized spacial score (nSPS) is 11.6. The van der Waals surface area contributed by atoms with Gasteiger partial charge in [0.2, 0.25) is 0 Å². The van der Waals surface area contributed by atoms with Crippen molar-refractivity contribution in [1.82, 2.24) is 29.3 Å². The molecule has 0 amide bonds. The summed E-state index contributed by atoms with van der Waals surface area (Å²) >= 11 is 12.1. The van der Waals surface area contributed by atoms with Gasteiger partial charge in [0.25, 0.3) is 5.56 Å². The molecular formula is C20H13Cl2F3N6O3. The molecule has 0 aliphatic rings. The average Bonchev–Trinajstić information content (AvgIpc) is 3.24. The Kier molecular flexibility index (Phi) is 6.19. The first kappa shape index (κ1) is 23.5. The van der Waals surface area contributed by atoms with Crippen molar-refractivity contribution in [3.63, 3.8) is 0 Å². The van der Waals surface area contributed by atoms with Crippen LogP contribution in [-0.2, 0) is 20.0 Å². The summed E-state index contributed by atoms with van der Waals surface area (Å²) in [7, 11) is 0.923. The fourth-order valence-corrected chi connectivity index (χ4v) is 3.44. The fraction of sp³-hybridized carbons (Fsp3) is 0.150. The van der Waals surface area contributed by atoms with E-state index < -0.39 is 23.1 Å². The van der Waals surface area contributed by atoms with Crippen LogP contribution in [0.3, 0.4) is 0 Å². The molecule has 0 aliphatic carbocycles. The highest BCUT2D eigenvalue weighted by molar-refractivity contribution is 6.33. The van der Waals surface area contributed by atoms with Gasteiger partial charge in [-0.1, -0.05) is 23.2 Å². The van der Waals surface area contributed by atoms with Crippen molar-refractivity contribution >= 4 is 23.2 Å². The maximum absolute atomic E-state index is 13.1. The molecule has 0 spiro atoms. The third-order valence-corrected chi connectivity index (χ3v) is 5.34. The minimum atomic E-state index is -4.87. The SMILES string of the molecule is Cn1c(C(F)(F)F)cc(=O)n(-c2ccc(Cl)c(-c3nnnn3COc3ccc(Cl)cc3)c2)c1=O. The highest BCUT2D eigenvalue weighted by Gasteiger charge is 2.35. The Bertz CT molecular complexity index is 1480. The van der Waals surface area contributed by atoms with Crippen LogP contribution in [0.2, 0.25) is 10.0 Å². The topological polar surface area (TPSA) is 96.8 Å². The van der Waals surface area contributed by atoms with Gasteiger partial charge >= 0.3 is 11.9 Å². The molecule has 2 aromatic heterocycles. The number of rotatable bonds is 5. The van der Waals surface area contributed by atoms with Gasteiger partial charge in [-0.3, -0.25) is 9.36 Å². The van der Waals surface area contributed by atoms with Crippen molar-refractivity contribution in [1.29, 1.82) is 0 Å². The zero-order valence-electron chi connectivity index (χ0n) is 17.1. The number of hydrogen-bond acceptors (Lipinski definition) is 6. The molecule has 0 atom stereocenters. The van der Waals surface area contributed by atoms with Gasteiger partial charge in [-0.15, -0.1) is 5.10 Å². The first-order chi connectivity index (χ1) is 16.1. The van der Waals surface area contributed by atoms with Crippen LogP contribution in [0.15, 0.2) is 58.1 Å². The zero-order valence-corrected chi connectivity index (χ0v) is 18.6. The maximum atomic E-state index is 13.1. The summed E-state index contributed by atoms with van der Waals surface area (Å²) in [6, 6.07) is 10.9. The van der Waals surface area contributed by atoms with Crippen LogP contribution < -0.4 is 16.0 Å². The molecule has 0 fully saturated rings. The van der Waals surface area contributed by atoms with Crippen LogP contribution in [-0.4, -0.2) is 29.3 Å². The number of halogens is 5. The van der Waals surface area contributed by atoms with E-state index in [0.717, 1.165) is 7.05 Å². The van der Waals surface area contributed by atoms with Gasteiger partial charge in [-0.25, -0.2) is 9.36 Å². The lowest BCUT2D eigenvalue weighted by Crippen LogP contribution is -2.40. The van der Waals surface area contributed by atoms with Gasteiger partial charge in [0.05, 0.1) is 10.7 Å². The predicted molar refractivity (Wildman–Crippen MR) is 116 cm³/mol. The van der Waals surface area contributed by atoms with Crippen LogP contribution in [0, 0.1) is 0 Å². The molecule has 0 saturated heterocycles. The van der Waals surface area contributed by atoms with Crippen molar-refractivity contribution in [2.75, 3.05) is 0 Å². The predicted octanol–water partition coefficient (Wildman–Crippen LogP) is 3.55. The van der Waals surface area contributed by atoms with Crippen LogP contribution in [0.1, 0.15) is 5.69 Å². The van der Waals surface area contributed by atoms with E-state index in [-0.39, 0.29) is 28.8 Å². The van der Waals surface area contributed by atoms with Gasteiger partial charge < -0.3 is 4.74 Å². The monoisotopic (exact) mass is 512 g/mol. The zero-order chi connectivity index (χ0) is 24.6. The molecule has 0 radical (unpaired) electrons. The number of ether oxygens (including phenoxy) is 1. The Balaban J connectivity index is 1.73. The van der Waals surface area contributed by atoms with E-state index in [9.17, 15) is 22.8 Å². The number of benzene rings is 2. The minimum absolute atomic E-state index is 0.0214. The molecule has 0 N–H and O–H groups in total. The Labute approximate surface area is 198 Å². The van der Waals surface area contributed by atoms with Gasteiger partial charge in [-0.05, 0) is 52.9 Å². The van der Waals surface area contributed by atoms with E-state index >= 15 is 0 Å². The Morgan fingerprint density at radius 1 is 1.03 bits per heavy atom. The highest BCUT2D eigenvalue weighted by atomic mass is 35.5. The molecular weight excluding hydrogens is 500 g/mol. The third-order valence-electron chi connectivity index (χ3n) is 4.76. The molecule has 0 unspecified atom stereocenters. The van der Waals surface area contributed by atoms with E-state index in [1.165, 1.54) is 22.9 Å². The number of aromatic nitrogens is 6. The Morgan fingerprint density at radius 3 is 2.41 bits per heavy atom. The molecule has 9 nitrogen and oxygen atoms in total. The van der Waals surface area contributed by atoms with E-state index in [0.29, 0.717) is 26.0 Å². The van der Waals surface area contributed by atoms with E-state index in [1.54, 1.807) is 24.3 Å². The molecule has 2 aromatic carbocycles. The molecule has 0 aliphatic heterocycles. The van der Waals surface area contributed by atoms with Gasteiger partial charge in [-0.2, -0.15) is 17.9 Å². The second kappa shape index (κ2) is 8.95.